The fraction of sp³-hybridized carbons (Fsp3) is 0.571. The molecule has 0 bridgehead atoms. The number of hydrogen-bond acceptors (Lipinski definition) is 1. The summed E-state index contributed by atoms with van der Waals surface area (Å²) < 4.78 is 0.983. The highest BCUT2D eigenvalue weighted by atomic mass is 79.9. The Morgan fingerprint density at radius 3 is 2.71 bits per heavy atom. The van der Waals surface area contributed by atoms with E-state index >= 15 is 0 Å². The Labute approximate surface area is 116 Å². The lowest BCUT2D eigenvalue weighted by atomic mass is 9.96. The van der Waals surface area contributed by atoms with Gasteiger partial charge in [-0.3, -0.25) is 0 Å². The summed E-state index contributed by atoms with van der Waals surface area (Å²) >= 11 is 9.54. The van der Waals surface area contributed by atoms with E-state index in [0.717, 1.165) is 27.4 Å². The molecular weight excluding hydrogens is 300 g/mol. The van der Waals surface area contributed by atoms with Gasteiger partial charge in [0.2, 0.25) is 0 Å². The molecule has 1 aliphatic rings. The van der Waals surface area contributed by atoms with Crippen molar-refractivity contribution in [3.05, 3.63) is 33.3 Å². The number of benzene rings is 1. The van der Waals surface area contributed by atoms with Crippen LogP contribution in [0.5, 0.6) is 0 Å². The fourth-order valence-electron chi connectivity index (χ4n) is 2.66. The highest BCUT2D eigenvalue weighted by molar-refractivity contribution is 9.10. The summed E-state index contributed by atoms with van der Waals surface area (Å²) in [7, 11) is 0. The van der Waals surface area contributed by atoms with E-state index in [1.165, 1.54) is 25.7 Å². The highest BCUT2D eigenvalue weighted by Gasteiger charge is 2.19. The van der Waals surface area contributed by atoms with Gasteiger partial charge in [-0.25, -0.2) is 0 Å². The van der Waals surface area contributed by atoms with Gasteiger partial charge in [0.1, 0.15) is 0 Å². The third kappa shape index (κ3) is 3.97. The van der Waals surface area contributed by atoms with Gasteiger partial charge in [0.25, 0.3) is 0 Å². The minimum Gasteiger partial charge on any atom is -0.393 e. The quantitative estimate of drug-likeness (QED) is 0.861. The predicted molar refractivity (Wildman–Crippen MR) is 75.4 cm³/mol. The molecule has 3 heteroatoms. The van der Waals surface area contributed by atoms with E-state index < -0.39 is 0 Å². The third-order valence-corrected chi connectivity index (χ3v) is 4.40. The number of rotatable bonds is 4. The molecule has 0 radical (unpaired) electrons. The Kier molecular flexibility index (Phi) is 4.89. The molecule has 0 amide bonds. The third-order valence-electron chi connectivity index (χ3n) is 3.55. The van der Waals surface area contributed by atoms with E-state index in [9.17, 15) is 5.11 Å². The van der Waals surface area contributed by atoms with Gasteiger partial charge < -0.3 is 5.11 Å². The zero-order valence-electron chi connectivity index (χ0n) is 9.83. The number of aliphatic hydroxyl groups is 1. The minimum absolute atomic E-state index is 0.253. The largest absolute Gasteiger partial charge is 0.393 e. The van der Waals surface area contributed by atoms with Gasteiger partial charge in [-0.05, 0) is 36.5 Å². The first-order valence-corrected chi connectivity index (χ1v) is 7.44. The minimum atomic E-state index is -0.253. The Hall–Kier alpha value is -0.0500. The summed E-state index contributed by atoms with van der Waals surface area (Å²) in [5, 5.41) is 10.8. The molecule has 0 heterocycles. The molecule has 1 fully saturated rings. The normalized spacial score (nSPS) is 18.5. The molecular formula is C14H18BrClO. The van der Waals surface area contributed by atoms with Crippen LogP contribution in [0.1, 0.15) is 37.7 Å². The number of halogens is 2. The molecule has 2 rings (SSSR count). The topological polar surface area (TPSA) is 20.2 Å². The van der Waals surface area contributed by atoms with Crippen LogP contribution in [0, 0.1) is 5.92 Å². The summed E-state index contributed by atoms with van der Waals surface area (Å²) in [6.07, 6.45) is 6.56. The van der Waals surface area contributed by atoms with Crippen LogP contribution in [0.25, 0.3) is 0 Å². The van der Waals surface area contributed by atoms with Crippen molar-refractivity contribution >= 4 is 27.5 Å². The van der Waals surface area contributed by atoms with Crippen molar-refractivity contribution in [1.29, 1.82) is 0 Å². The number of aliphatic hydroxyl groups excluding tert-OH is 1. The van der Waals surface area contributed by atoms with Gasteiger partial charge in [-0.1, -0.05) is 59.3 Å². The van der Waals surface area contributed by atoms with Crippen molar-refractivity contribution in [3.8, 4) is 0 Å². The van der Waals surface area contributed by atoms with Crippen LogP contribution in [-0.2, 0) is 6.42 Å². The molecule has 0 aliphatic heterocycles. The lowest BCUT2D eigenvalue weighted by molar-refractivity contribution is 0.143. The maximum absolute atomic E-state index is 10.1. The summed E-state index contributed by atoms with van der Waals surface area (Å²) in [5.41, 5.74) is 1.04. The average molecular weight is 318 g/mol. The van der Waals surface area contributed by atoms with Crippen LogP contribution in [0.4, 0.5) is 0 Å². The maximum Gasteiger partial charge on any atom is 0.0583 e. The van der Waals surface area contributed by atoms with Crippen molar-refractivity contribution in [2.45, 2.75) is 44.6 Å². The summed E-state index contributed by atoms with van der Waals surface area (Å²) in [4.78, 5) is 0. The van der Waals surface area contributed by atoms with Crippen LogP contribution in [0.15, 0.2) is 22.7 Å². The molecule has 1 nitrogen and oxygen atoms in total. The molecule has 17 heavy (non-hydrogen) atoms. The zero-order valence-corrected chi connectivity index (χ0v) is 12.2. The first-order valence-electron chi connectivity index (χ1n) is 6.27. The lowest BCUT2D eigenvalue weighted by Crippen LogP contribution is -2.15. The van der Waals surface area contributed by atoms with Crippen LogP contribution in [0.3, 0.4) is 0 Å². The summed E-state index contributed by atoms with van der Waals surface area (Å²) in [5.74, 6) is 0.722. The SMILES string of the molecule is OC(Cc1ccc(Br)cc1Cl)CC1CCCC1. The summed E-state index contributed by atoms with van der Waals surface area (Å²) in [6, 6.07) is 5.85. The average Bonchev–Trinajstić information content (AvgIpc) is 2.75. The molecule has 1 aromatic carbocycles. The lowest BCUT2D eigenvalue weighted by Gasteiger charge is -2.16. The molecule has 1 aromatic rings. The molecule has 1 aliphatic carbocycles. The van der Waals surface area contributed by atoms with Crippen molar-refractivity contribution in [3.63, 3.8) is 0 Å². The second kappa shape index (κ2) is 6.21. The Bertz CT molecular complexity index is 374. The van der Waals surface area contributed by atoms with Crippen LogP contribution >= 0.6 is 27.5 Å². The Morgan fingerprint density at radius 1 is 1.35 bits per heavy atom. The molecule has 0 aromatic heterocycles. The van der Waals surface area contributed by atoms with Crippen LogP contribution < -0.4 is 0 Å². The van der Waals surface area contributed by atoms with E-state index in [1.54, 1.807) is 0 Å². The van der Waals surface area contributed by atoms with Crippen molar-refractivity contribution in [2.24, 2.45) is 5.92 Å². The van der Waals surface area contributed by atoms with Gasteiger partial charge in [0, 0.05) is 9.50 Å². The first-order chi connectivity index (χ1) is 8.15. The first kappa shape index (κ1) is 13.4. The van der Waals surface area contributed by atoms with Crippen LogP contribution in [0.2, 0.25) is 5.02 Å². The number of hydrogen-bond donors (Lipinski definition) is 1. The molecule has 94 valence electrons. The molecule has 1 unspecified atom stereocenters. The second-order valence-corrected chi connectivity index (χ2v) is 6.30. The van der Waals surface area contributed by atoms with E-state index in [2.05, 4.69) is 15.9 Å². The maximum atomic E-state index is 10.1. The Morgan fingerprint density at radius 2 is 2.06 bits per heavy atom. The van der Waals surface area contributed by atoms with Gasteiger partial charge in [-0.15, -0.1) is 0 Å². The van der Waals surface area contributed by atoms with E-state index in [4.69, 9.17) is 11.6 Å². The smallest absolute Gasteiger partial charge is 0.0583 e. The van der Waals surface area contributed by atoms with Crippen molar-refractivity contribution in [2.75, 3.05) is 0 Å². The van der Waals surface area contributed by atoms with Gasteiger partial charge in [-0.2, -0.15) is 0 Å². The van der Waals surface area contributed by atoms with E-state index in [0.29, 0.717) is 6.42 Å². The van der Waals surface area contributed by atoms with Crippen molar-refractivity contribution < 1.29 is 5.11 Å². The van der Waals surface area contributed by atoms with Gasteiger partial charge >= 0.3 is 0 Å². The molecule has 1 N–H and O–H groups in total. The molecule has 0 spiro atoms. The van der Waals surface area contributed by atoms with Gasteiger partial charge in [0.15, 0.2) is 0 Å². The highest BCUT2D eigenvalue weighted by Crippen LogP contribution is 2.30. The van der Waals surface area contributed by atoms with Gasteiger partial charge in [0.05, 0.1) is 6.10 Å². The van der Waals surface area contributed by atoms with E-state index in [-0.39, 0.29) is 6.10 Å². The van der Waals surface area contributed by atoms with Crippen LogP contribution in [-0.4, -0.2) is 11.2 Å². The molecule has 1 atom stereocenters. The van der Waals surface area contributed by atoms with Crippen molar-refractivity contribution in [1.82, 2.24) is 0 Å². The Balaban J connectivity index is 1.90. The fourth-order valence-corrected chi connectivity index (χ4v) is 3.41. The molecule has 1 saturated carbocycles. The monoisotopic (exact) mass is 316 g/mol. The van der Waals surface area contributed by atoms with E-state index in [1.807, 2.05) is 18.2 Å². The summed E-state index contributed by atoms with van der Waals surface area (Å²) in [6.45, 7) is 0. The predicted octanol–water partition coefficient (Wildman–Crippen LogP) is 4.59. The zero-order chi connectivity index (χ0) is 12.3. The second-order valence-electron chi connectivity index (χ2n) is 4.98. The molecule has 0 saturated heterocycles. The standard InChI is InChI=1S/C14H18BrClO/c15-12-6-5-11(14(16)9-12)8-13(17)7-10-3-1-2-4-10/h5-6,9-10,13,17H,1-4,7-8H2.